The standard InChI is InChI=1S/C15H22ClNO3S/c1-3-9-20-14-8-7-11(16)10-13(14)17-12-5-4-6-15(12)21(2,18)19/h7-8,10,12,15,17H,3-6,9H2,1-2H3. The fourth-order valence-electron chi connectivity index (χ4n) is 2.76. The molecule has 1 aromatic rings. The smallest absolute Gasteiger partial charge is 0.152 e. The van der Waals surface area contributed by atoms with Crippen molar-refractivity contribution >= 4 is 27.1 Å². The van der Waals surface area contributed by atoms with Gasteiger partial charge in [0.05, 0.1) is 17.5 Å². The van der Waals surface area contributed by atoms with Crippen LogP contribution in [-0.4, -0.2) is 32.6 Å². The monoisotopic (exact) mass is 331 g/mol. The Morgan fingerprint density at radius 1 is 1.38 bits per heavy atom. The minimum Gasteiger partial charge on any atom is -0.491 e. The Bertz CT molecular complexity index is 589. The van der Waals surface area contributed by atoms with E-state index >= 15 is 0 Å². The fraction of sp³-hybridized carbons (Fsp3) is 0.600. The predicted octanol–water partition coefficient (Wildman–Crippen LogP) is 3.51. The molecule has 0 bridgehead atoms. The number of benzene rings is 1. The molecule has 0 aliphatic heterocycles. The third-order valence-electron chi connectivity index (χ3n) is 3.75. The average Bonchev–Trinajstić information content (AvgIpc) is 2.86. The summed E-state index contributed by atoms with van der Waals surface area (Å²) in [5, 5.41) is 3.60. The summed E-state index contributed by atoms with van der Waals surface area (Å²) in [4.78, 5) is 0. The van der Waals surface area contributed by atoms with Gasteiger partial charge < -0.3 is 10.1 Å². The first kappa shape index (κ1) is 16.4. The van der Waals surface area contributed by atoms with Crippen molar-refractivity contribution in [3.05, 3.63) is 23.2 Å². The lowest BCUT2D eigenvalue weighted by Gasteiger charge is -2.22. The first-order chi connectivity index (χ1) is 9.91. The van der Waals surface area contributed by atoms with E-state index in [4.69, 9.17) is 16.3 Å². The van der Waals surface area contributed by atoms with Gasteiger partial charge >= 0.3 is 0 Å². The van der Waals surface area contributed by atoms with E-state index in [2.05, 4.69) is 5.32 Å². The molecule has 2 atom stereocenters. The maximum absolute atomic E-state index is 11.9. The van der Waals surface area contributed by atoms with Crippen LogP contribution < -0.4 is 10.1 Å². The van der Waals surface area contributed by atoms with Crippen molar-refractivity contribution in [2.75, 3.05) is 18.2 Å². The minimum atomic E-state index is -3.05. The summed E-state index contributed by atoms with van der Waals surface area (Å²) in [6, 6.07) is 5.32. The number of hydrogen-bond acceptors (Lipinski definition) is 4. The summed E-state index contributed by atoms with van der Waals surface area (Å²) < 4.78 is 29.4. The quantitative estimate of drug-likeness (QED) is 0.866. The van der Waals surface area contributed by atoms with Gasteiger partial charge in [0.15, 0.2) is 9.84 Å². The van der Waals surface area contributed by atoms with Gasteiger partial charge in [0.25, 0.3) is 0 Å². The zero-order valence-electron chi connectivity index (χ0n) is 12.4. The third kappa shape index (κ3) is 4.27. The fourth-order valence-corrected chi connectivity index (χ4v) is 4.32. The van der Waals surface area contributed by atoms with Crippen LogP contribution in [0.1, 0.15) is 32.6 Å². The minimum absolute atomic E-state index is 0.0811. The van der Waals surface area contributed by atoms with Crippen molar-refractivity contribution in [1.82, 2.24) is 0 Å². The molecule has 2 unspecified atom stereocenters. The van der Waals surface area contributed by atoms with Crippen LogP contribution in [-0.2, 0) is 9.84 Å². The van der Waals surface area contributed by atoms with Crippen LogP contribution in [0.2, 0.25) is 5.02 Å². The van der Waals surface area contributed by atoms with Crippen molar-refractivity contribution < 1.29 is 13.2 Å². The van der Waals surface area contributed by atoms with E-state index in [1.165, 1.54) is 6.26 Å². The van der Waals surface area contributed by atoms with E-state index in [0.717, 1.165) is 30.7 Å². The zero-order chi connectivity index (χ0) is 15.5. The third-order valence-corrected chi connectivity index (χ3v) is 5.65. The largest absolute Gasteiger partial charge is 0.491 e. The SMILES string of the molecule is CCCOc1ccc(Cl)cc1NC1CCCC1S(C)(=O)=O. The highest BCUT2D eigenvalue weighted by molar-refractivity contribution is 7.91. The summed E-state index contributed by atoms with van der Waals surface area (Å²) in [6.45, 7) is 2.66. The van der Waals surface area contributed by atoms with Gasteiger partial charge in [-0.25, -0.2) is 8.42 Å². The normalized spacial score (nSPS) is 22.2. The molecule has 21 heavy (non-hydrogen) atoms. The highest BCUT2D eigenvalue weighted by atomic mass is 35.5. The molecule has 4 nitrogen and oxygen atoms in total. The second kappa shape index (κ2) is 6.88. The first-order valence-electron chi connectivity index (χ1n) is 7.29. The number of halogens is 1. The Labute approximate surface area is 131 Å². The maximum atomic E-state index is 11.9. The van der Waals surface area contributed by atoms with Gasteiger partial charge in [0.1, 0.15) is 5.75 Å². The van der Waals surface area contributed by atoms with Gasteiger partial charge in [-0.15, -0.1) is 0 Å². The number of hydrogen-bond donors (Lipinski definition) is 1. The number of anilines is 1. The molecule has 1 aromatic carbocycles. The molecule has 1 fully saturated rings. The number of ether oxygens (including phenoxy) is 1. The van der Waals surface area contributed by atoms with Gasteiger partial charge in [-0.3, -0.25) is 0 Å². The first-order valence-corrected chi connectivity index (χ1v) is 9.63. The average molecular weight is 332 g/mol. The van der Waals surface area contributed by atoms with Crippen LogP contribution in [0.5, 0.6) is 5.75 Å². The Morgan fingerprint density at radius 2 is 2.14 bits per heavy atom. The number of nitrogens with one attached hydrogen (secondary N) is 1. The summed E-state index contributed by atoms with van der Waals surface area (Å²) in [6.07, 6.45) is 4.70. The number of sulfone groups is 1. The molecule has 6 heteroatoms. The second-order valence-electron chi connectivity index (χ2n) is 5.54. The number of rotatable bonds is 6. The molecular weight excluding hydrogens is 310 g/mol. The van der Waals surface area contributed by atoms with E-state index in [9.17, 15) is 8.42 Å². The lowest BCUT2D eigenvalue weighted by atomic mass is 10.2. The van der Waals surface area contributed by atoms with Crippen molar-refractivity contribution in [2.45, 2.75) is 43.9 Å². The Balaban J connectivity index is 2.20. The van der Waals surface area contributed by atoms with Gasteiger partial charge in [-0.05, 0) is 43.9 Å². The molecular formula is C15H22ClNO3S. The summed E-state index contributed by atoms with van der Waals surface area (Å²) in [7, 11) is -3.05. The molecule has 0 spiro atoms. The predicted molar refractivity (Wildman–Crippen MR) is 87.1 cm³/mol. The van der Waals surface area contributed by atoms with E-state index in [1.54, 1.807) is 12.1 Å². The van der Waals surface area contributed by atoms with E-state index in [0.29, 0.717) is 18.1 Å². The molecule has 1 N–H and O–H groups in total. The molecule has 0 amide bonds. The molecule has 0 heterocycles. The zero-order valence-corrected chi connectivity index (χ0v) is 14.0. The Morgan fingerprint density at radius 3 is 2.81 bits per heavy atom. The van der Waals surface area contributed by atoms with Crippen molar-refractivity contribution in [2.24, 2.45) is 0 Å². The van der Waals surface area contributed by atoms with Gasteiger partial charge in [-0.1, -0.05) is 18.5 Å². The van der Waals surface area contributed by atoms with Crippen LogP contribution in [0.3, 0.4) is 0 Å². The molecule has 0 aromatic heterocycles. The molecule has 0 saturated heterocycles. The van der Waals surface area contributed by atoms with Crippen LogP contribution in [0.4, 0.5) is 5.69 Å². The molecule has 1 aliphatic carbocycles. The van der Waals surface area contributed by atoms with Gasteiger partial charge in [0, 0.05) is 17.3 Å². The summed E-state index contributed by atoms with van der Waals surface area (Å²) in [5.41, 5.74) is 0.775. The maximum Gasteiger partial charge on any atom is 0.152 e. The topological polar surface area (TPSA) is 55.4 Å². The van der Waals surface area contributed by atoms with Gasteiger partial charge in [0.2, 0.25) is 0 Å². The van der Waals surface area contributed by atoms with Crippen molar-refractivity contribution in [3.63, 3.8) is 0 Å². The van der Waals surface area contributed by atoms with E-state index in [1.807, 2.05) is 13.0 Å². The second-order valence-corrected chi connectivity index (χ2v) is 8.24. The van der Waals surface area contributed by atoms with E-state index in [-0.39, 0.29) is 11.3 Å². The van der Waals surface area contributed by atoms with Crippen LogP contribution in [0.25, 0.3) is 0 Å². The lowest BCUT2D eigenvalue weighted by Crippen LogP contribution is -2.34. The van der Waals surface area contributed by atoms with Crippen LogP contribution in [0, 0.1) is 0 Å². The van der Waals surface area contributed by atoms with Gasteiger partial charge in [-0.2, -0.15) is 0 Å². The Hall–Kier alpha value is -0.940. The highest BCUT2D eigenvalue weighted by Gasteiger charge is 2.35. The summed E-state index contributed by atoms with van der Waals surface area (Å²) >= 11 is 6.05. The lowest BCUT2D eigenvalue weighted by molar-refractivity contribution is 0.318. The molecule has 1 saturated carbocycles. The van der Waals surface area contributed by atoms with Crippen LogP contribution >= 0.6 is 11.6 Å². The van der Waals surface area contributed by atoms with E-state index < -0.39 is 9.84 Å². The molecule has 118 valence electrons. The Kier molecular flexibility index (Phi) is 5.38. The highest BCUT2D eigenvalue weighted by Crippen LogP contribution is 2.33. The molecule has 0 radical (unpaired) electrons. The molecule has 2 rings (SSSR count). The van der Waals surface area contributed by atoms with Crippen molar-refractivity contribution in [3.8, 4) is 5.75 Å². The van der Waals surface area contributed by atoms with Crippen LogP contribution in [0.15, 0.2) is 18.2 Å². The molecule has 1 aliphatic rings. The van der Waals surface area contributed by atoms with Crippen molar-refractivity contribution in [1.29, 1.82) is 0 Å². The summed E-state index contributed by atoms with van der Waals surface area (Å²) in [5.74, 6) is 0.723.